The smallest absolute Gasteiger partial charge is 0.259 e. The summed E-state index contributed by atoms with van der Waals surface area (Å²) in [6.07, 6.45) is 5.33. The van der Waals surface area contributed by atoms with Crippen LogP contribution < -0.4 is 10.6 Å². The van der Waals surface area contributed by atoms with Crippen LogP contribution in [0.15, 0.2) is 40.5 Å². The van der Waals surface area contributed by atoms with Crippen LogP contribution in [0.25, 0.3) is 0 Å². The van der Waals surface area contributed by atoms with E-state index >= 15 is 0 Å². The van der Waals surface area contributed by atoms with Gasteiger partial charge < -0.3 is 15.5 Å². The minimum Gasteiger partial charge on any atom is -0.331 e. The summed E-state index contributed by atoms with van der Waals surface area (Å²) in [4.78, 5) is 14.3. The van der Waals surface area contributed by atoms with Crippen LogP contribution in [0.1, 0.15) is 11.1 Å². The lowest BCUT2D eigenvalue weighted by atomic mass is 9.99. The monoisotopic (exact) mass is 376 g/mol. The Balaban J connectivity index is 1.64. The number of nitrogens with one attached hydrogen (secondary N) is 2. The number of rotatable bonds is 2. The number of amides is 1. The molecule has 0 bridgehead atoms. The van der Waals surface area contributed by atoms with Crippen LogP contribution in [-0.4, -0.2) is 43.9 Å². The van der Waals surface area contributed by atoms with Gasteiger partial charge in [-0.05, 0) is 42.3 Å². The van der Waals surface area contributed by atoms with E-state index < -0.39 is 21.7 Å². The van der Waals surface area contributed by atoms with Gasteiger partial charge in [0.05, 0.1) is 17.0 Å². The summed E-state index contributed by atoms with van der Waals surface area (Å²) >= 11 is 0. The molecule has 136 valence electrons. The second-order valence-corrected chi connectivity index (χ2v) is 8.02. The summed E-state index contributed by atoms with van der Waals surface area (Å²) in [6, 6.07) is 3.31. The number of sulfonamides is 1. The van der Waals surface area contributed by atoms with Crippen LogP contribution in [-0.2, 0) is 27.8 Å². The number of carbonyl (C=O) groups excluding carboxylic acids is 1. The molecule has 26 heavy (non-hydrogen) atoms. The van der Waals surface area contributed by atoms with Crippen LogP contribution in [0.4, 0.5) is 10.1 Å². The van der Waals surface area contributed by atoms with Crippen molar-refractivity contribution in [2.24, 2.45) is 4.40 Å². The van der Waals surface area contributed by atoms with Crippen molar-refractivity contribution in [1.29, 1.82) is 0 Å². The molecule has 4 rings (SSSR count). The Bertz CT molecular complexity index is 982. The summed E-state index contributed by atoms with van der Waals surface area (Å²) in [5.41, 5.74) is 1.64. The first-order chi connectivity index (χ1) is 12.4. The lowest BCUT2D eigenvalue weighted by Gasteiger charge is -2.28. The molecule has 0 atom stereocenters. The summed E-state index contributed by atoms with van der Waals surface area (Å²) in [6.45, 7) is 1.50. The highest BCUT2D eigenvalue weighted by Gasteiger charge is 2.30. The predicted molar refractivity (Wildman–Crippen MR) is 95.6 cm³/mol. The van der Waals surface area contributed by atoms with Crippen LogP contribution in [0, 0.1) is 5.82 Å². The average Bonchev–Trinajstić information content (AvgIpc) is 2.63. The molecule has 1 aromatic carbocycles. The number of anilines is 1. The molecule has 0 aliphatic carbocycles. The fourth-order valence-electron chi connectivity index (χ4n) is 3.21. The minimum absolute atomic E-state index is 0.0684. The molecule has 3 aliphatic rings. The van der Waals surface area contributed by atoms with Crippen LogP contribution >= 0.6 is 0 Å². The molecule has 1 aromatic rings. The highest BCUT2D eigenvalue weighted by molar-refractivity contribution is 7.90. The zero-order chi connectivity index (χ0) is 18.3. The standard InChI is InChI=1S/C17H17FN4O3S/c18-15-12-5-6-19-10-11(12)3-4-14(15)20-17(23)13-2-1-7-22-8-9-26(24,25)21-16(13)22/h1-4,7,19H,5-6,8-10H2,(H,20,23). The van der Waals surface area contributed by atoms with Gasteiger partial charge in [-0.25, -0.2) is 12.8 Å². The molecule has 0 radical (unpaired) electrons. The van der Waals surface area contributed by atoms with Gasteiger partial charge in [0.2, 0.25) is 0 Å². The third-order valence-electron chi connectivity index (χ3n) is 4.56. The van der Waals surface area contributed by atoms with Gasteiger partial charge in [0, 0.05) is 19.3 Å². The second kappa shape index (κ2) is 6.33. The van der Waals surface area contributed by atoms with Crippen molar-refractivity contribution >= 4 is 27.5 Å². The van der Waals surface area contributed by atoms with E-state index in [1.54, 1.807) is 23.2 Å². The van der Waals surface area contributed by atoms with Crippen LogP contribution in [0.5, 0.6) is 0 Å². The van der Waals surface area contributed by atoms with Gasteiger partial charge in [0.1, 0.15) is 5.82 Å². The van der Waals surface area contributed by atoms with Gasteiger partial charge in [-0.3, -0.25) is 4.79 Å². The summed E-state index contributed by atoms with van der Waals surface area (Å²) in [5, 5.41) is 5.72. The molecule has 3 heterocycles. The van der Waals surface area contributed by atoms with Crippen molar-refractivity contribution in [3.05, 3.63) is 53.0 Å². The Morgan fingerprint density at radius 2 is 2.19 bits per heavy atom. The molecular weight excluding hydrogens is 359 g/mol. The third-order valence-corrected chi connectivity index (χ3v) is 5.71. The van der Waals surface area contributed by atoms with Gasteiger partial charge in [0.25, 0.3) is 15.9 Å². The van der Waals surface area contributed by atoms with E-state index in [0.29, 0.717) is 25.1 Å². The van der Waals surface area contributed by atoms with E-state index in [4.69, 9.17) is 0 Å². The molecule has 2 N–H and O–H groups in total. The Labute approximate surface area is 150 Å². The van der Waals surface area contributed by atoms with Gasteiger partial charge in [-0.15, -0.1) is 4.40 Å². The van der Waals surface area contributed by atoms with Crippen molar-refractivity contribution < 1.29 is 17.6 Å². The Morgan fingerprint density at radius 1 is 1.35 bits per heavy atom. The highest BCUT2D eigenvalue weighted by atomic mass is 32.2. The molecular formula is C17H17FN4O3S. The zero-order valence-electron chi connectivity index (χ0n) is 13.8. The molecule has 0 unspecified atom stereocenters. The Morgan fingerprint density at radius 3 is 3.04 bits per heavy atom. The lowest BCUT2D eigenvalue weighted by Crippen LogP contribution is -2.41. The maximum atomic E-state index is 14.7. The fraction of sp³-hybridized carbons (Fsp3) is 0.294. The Kier molecular flexibility index (Phi) is 4.12. The summed E-state index contributed by atoms with van der Waals surface area (Å²) in [7, 11) is -3.60. The number of amidine groups is 1. The van der Waals surface area contributed by atoms with E-state index in [-0.39, 0.29) is 29.4 Å². The number of benzene rings is 1. The second-order valence-electron chi connectivity index (χ2n) is 6.26. The molecule has 0 spiro atoms. The normalized spacial score (nSPS) is 20.6. The van der Waals surface area contributed by atoms with Gasteiger partial charge in [-0.1, -0.05) is 6.07 Å². The van der Waals surface area contributed by atoms with E-state index in [0.717, 1.165) is 5.56 Å². The molecule has 7 nitrogen and oxygen atoms in total. The van der Waals surface area contributed by atoms with E-state index in [2.05, 4.69) is 15.0 Å². The molecule has 0 aromatic heterocycles. The van der Waals surface area contributed by atoms with Gasteiger partial charge in [0.15, 0.2) is 5.84 Å². The predicted octanol–water partition coefficient (Wildman–Crippen LogP) is 0.907. The number of carbonyl (C=O) groups is 1. The molecule has 0 saturated carbocycles. The largest absolute Gasteiger partial charge is 0.331 e. The zero-order valence-corrected chi connectivity index (χ0v) is 14.6. The molecule has 1 amide bonds. The summed E-state index contributed by atoms with van der Waals surface area (Å²) in [5.74, 6) is -1.08. The van der Waals surface area contributed by atoms with E-state index in [1.165, 1.54) is 12.1 Å². The van der Waals surface area contributed by atoms with Crippen molar-refractivity contribution in [3.63, 3.8) is 0 Å². The Hall–Kier alpha value is -2.52. The lowest BCUT2D eigenvalue weighted by molar-refractivity contribution is -0.112. The minimum atomic E-state index is -3.60. The molecule has 0 saturated heterocycles. The first kappa shape index (κ1) is 16.9. The number of nitrogens with zero attached hydrogens (tertiary/aromatic N) is 2. The maximum Gasteiger partial charge on any atom is 0.259 e. The average molecular weight is 376 g/mol. The van der Waals surface area contributed by atoms with E-state index in [9.17, 15) is 17.6 Å². The fourth-order valence-corrected chi connectivity index (χ4v) is 4.20. The molecule has 3 aliphatic heterocycles. The van der Waals surface area contributed by atoms with Gasteiger partial charge >= 0.3 is 0 Å². The van der Waals surface area contributed by atoms with Gasteiger partial charge in [-0.2, -0.15) is 0 Å². The van der Waals surface area contributed by atoms with E-state index in [1.807, 2.05) is 0 Å². The SMILES string of the molecule is O=C(Nc1ccc2c(c1F)CCNC2)C1=CC=CN2CCS(=O)(=O)N=C12. The number of fused-ring (bicyclic) bond motifs is 2. The molecule has 0 fully saturated rings. The van der Waals surface area contributed by atoms with Crippen molar-refractivity contribution in [2.45, 2.75) is 13.0 Å². The van der Waals surface area contributed by atoms with Crippen molar-refractivity contribution in [3.8, 4) is 0 Å². The maximum absolute atomic E-state index is 14.7. The van der Waals surface area contributed by atoms with Crippen molar-refractivity contribution in [1.82, 2.24) is 10.2 Å². The van der Waals surface area contributed by atoms with Crippen LogP contribution in [0.2, 0.25) is 0 Å². The van der Waals surface area contributed by atoms with Crippen LogP contribution in [0.3, 0.4) is 0 Å². The number of hydrogen-bond donors (Lipinski definition) is 2. The topological polar surface area (TPSA) is 90.9 Å². The number of allylic oxidation sites excluding steroid dienone is 2. The first-order valence-corrected chi connectivity index (χ1v) is 9.86. The number of halogens is 1. The molecule has 9 heteroatoms. The first-order valence-electron chi connectivity index (χ1n) is 8.25. The summed E-state index contributed by atoms with van der Waals surface area (Å²) < 4.78 is 42.0. The third kappa shape index (κ3) is 3.04. The highest BCUT2D eigenvalue weighted by Crippen LogP contribution is 2.26. The number of hydrogen-bond acceptors (Lipinski definition) is 5. The quantitative estimate of drug-likeness (QED) is 0.801. The van der Waals surface area contributed by atoms with Crippen molar-refractivity contribution in [2.75, 3.05) is 24.2 Å².